The van der Waals surface area contributed by atoms with Crippen molar-refractivity contribution >= 4 is 34.9 Å². The molecule has 1 N–H and O–H groups in total. The molecule has 3 aromatic carbocycles. The summed E-state index contributed by atoms with van der Waals surface area (Å²) in [5.74, 6) is 3.00. The standard InChI is InChI=1S/C26H25ClF2N2OS/c1-30-25(14-17-8-11-20(12-9-17)33-16-18-6-7-18)31-19-10-13-21(23(27)15-19)22-4-2-3-5-24(22)32-26(28)29/h2-5,8-13,15,18,26H,6-7,14,16H2,1H3,(H,30,31). The van der Waals surface area contributed by atoms with Gasteiger partial charge >= 0.3 is 6.61 Å². The van der Waals surface area contributed by atoms with Gasteiger partial charge in [-0.15, -0.1) is 11.8 Å². The molecule has 3 aromatic rings. The summed E-state index contributed by atoms with van der Waals surface area (Å²) in [4.78, 5) is 5.68. The SMILES string of the molecule is CN=C(Cc1ccc(SCC2CC2)cc1)Nc1ccc(-c2ccccc2OC(F)F)c(Cl)c1. The van der Waals surface area contributed by atoms with Gasteiger partial charge in [-0.3, -0.25) is 4.99 Å². The zero-order valence-corrected chi connectivity index (χ0v) is 19.8. The fraction of sp³-hybridized carbons (Fsp3) is 0.269. The number of ether oxygens (including phenoxy) is 1. The van der Waals surface area contributed by atoms with Crippen LogP contribution in [0.1, 0.15) is 18.4 Å². The molecule has 0 heterocycles. The maximum Gasteiger partial charge on any atom is 0.387 e. The lowest BCUT2D eigenvalue weighted by Crippen LogP contribution is -2.15. The van der Waals surface area contributed by atoms with Gasteiger partial charge in [0.25, 0.3) is 0 Å². The van der Waals surface area contributed by atoms with Crippen molar-refractivity contribution in [2.75, 3.05) is 18.1 Å². The van der Waals surface area contributed by atoms with E-state index in [9.17, 15) is 8.78 Å². The highest BCUT2D eigenvalue weighted by atomic mass is 35.5. The first-order chi connectivity index (χ1) is 16.0. The molecule has 1 aliphatic rings. The number of hydrogen-bond acceptors (Lipinski definition) is 3. The van der Waals surface area contributed by atoms with E-state index in [0.29, 0.717) is 22.6 Å². The zero-order valence-electron chi connectivity index (χ0n) is 18.2. The van der Waals surface area contributed by atoms with Crippen molar-refractivity contribution in [1.29, 1.82) is 0 Å². The van der Waals surface area contributed by atoms with Crippen molar-refractivity contribution in [3.63, 3.8) is 0 Å². The molecule has 4 rings (SSSR count). The molecule has 0 bridgehead atoms. The van der Waals surface area contributed by atoms with Crippen LogP contribution >= 0.6 is 23.4 Å². The fourth-order valence-corrected chi connectivity index (χ4v) is 4.81. The highest BCUT2D eigenvalue weighted by Gasteiger charge is 2.21. The van der Waals surface area contributed by atoms with E-state index in [1.165, 1.54) is 35.1 Å². The van der Waals surface area contributed by atoms with Crippen LogP contribution in [0.5, 0.6) is 5.75 Å². The Morgan fingerprint density at radius 1 is 1.09 bits per heavy atom. The van der Waals surface area contributed by atoms with Gasteiger partial charge in [0.15, 0.2) is 0 Å². The Morgan fingerprint density at radius 2 is 1.85 bits per heavy atom. The molecule has 0 radical (unpaired) electrons. The van der Waals surface area contributed by atoms with Crippen LogP contribution in [0, 0.1) is 5.92 Å². The number of thioether (sulfide) groups is 1. The van der Waals surface area contributed by atoms with Crippen LogP contribution in [0.2, 0.25) is 5.02 Å². The highest BCUT2D eigenvalue weighted by Crippen LogP contribution is 2.37. The van der Waals surface area contributed by atoms with Gasteiger partial charge in [-0.1, -0.05) is 48.0 Å². The number of benzene rings is 3. The number of amidine groups is 1. The summed E-state index contributed by atoms with van der Waals surface area (Å²) in [5.41, 5.74) is 3.07. The molecule has 0 saturated heterocycles. The second kappa shape index (κ2) is 11.0. The summed E-state index contributed by atoms with van der Waals surface area (Å²) in [5, 5.41) is 3.74. The van der Waals surface area contributed by atoms with Crippen molar-refractivity contribution in [2.45, 2.75) is 30.8 Å². The number of nitrogens with zero attached hydrogens (tertiary/aromatic N) is 1. The average Bonchev–Trinajstić information content (AvgIpc) is 3.63. The molecule has 7 heteroatoms. The van der Waals surface area contributed by atoms with Crippen molar-refractivity contribution in [3.05, 3.63) is 77.3 Å². The summed E-state index contributed by atoms with van der Waals surface area (Å²) in [6.07, 6.45) is 3.40. The zero-order chi connectivity index (χ0) is 23.2. The number of hydrogen-bond donors (Lipinski definition) is 1. The van der Waals surface area contributed by atoms with Crippen LogP contribution in [0.15, 0.2) is 76.6 Å². The van der Waals surface area contributed by atoms with Gasteiger partial charge in [-0.05, 0) is 54.7 Å². The fourth-order valence-electron chi connectivity index (χ4n) is 3.44. The summed E-state index contributed by atoms with van der Waals surface area (Å²) in [7, 11) is 1.75. The predicted molar refractivity (Wildman–Crippen MR) is 134 cm³/mol. The van der Waals surface area contributed by atoms with Crippen LogP contribution < -0.4 is 10.1 Å². The number of alkyl halides is 2. The molecule has 0 amide bonds. The molecule has 33 heavy (non-hydrogen) atoms. The minimum Gasteiger partial charge on any atom is -0.434 e. The summed E-state index contributed by atoms with van der Waals surface area (Å²) < 4.78 is 30.2. The lowest BCUT2D eigenvalue weighted by molar-refractivity contribution is -0.0494. The first-order valence-electron chi connectivity index (χ1n) is 10.8. The quantitative estimate of drug-likeness (QED) is 0.190. The van der Waals surface area contributed by atoms with E-state index < -0.39 is 6.61 Å². The minimum absolute atomic E-state index is 0.0876. The van der Waals surface area contributed by atoms with Crippen molar-refractivity contribution in [1.82, 2.24) is 0 Å². The molecule has 1 fully saturated rings. The van der Waals surface area contributed by atoms with Crippen LogP contribution in [0.4, 0.5) is 14.5 Å². The van der Waals surface area contributed by atoms with Crippen LogP contribution in [0.3, 0.4) is 0 Å². The molecule has 0 atom stereocenters. The van der Waals surface area contributed by atoms with E-state index in [0.717, 1.165) is 17.4 Å². The molecule has 0 spiro atoms. The topological polar surface area (TPSA) is 33.6 Å². The Kier molecular flexibility index (Phi) is 7.89. The third kappa shape index (κ3) is 6.71. The van der Waals surface area contributed by atoms with E-state index in [-0.39, 0.29) is 5.75 Å². The van der Waals surface area contributed by atoms with E-state index >= 15 is 0 Å². The Bertz CT molecular complexity index is 1120. The first kappa shape index (κ1) is 23.6. The largest absolute Gasteiger partial charge is 0.434 e. The van der Waals surface area contributed by atoms with Crippen molar-refractivity contribution < 1.29 is 13.5 Å². The Hall–Kier alpha value is -2.57. The lowest BCUT2D eigenvalue weighted by Gasteiger charge is -2.14. The number of para-hydroxylation sites is 1. The lowest BCUT2D eigenvalue weighted by atomic mass is 10.0. The number of anilines is 1. The second-order valence-corrected chi connectivity index (χ2v) is 9.44. The van der Waals surface area contributed by atoms with E-state index in [1.54, 1.807) is 37.4 Å². The smallest absolute Gasteiger partial charge is 0.387 e. The van der Waals surface area contributed by atoms with Crippen LogP contribution in [-0.2, 0) is 6.42 Å². The summed E-state index contributed by atoms with van der Waals surface area (Å²) >= 11 is 8.43. The molecule has 0 aromatic heterocycles. The van der Waals surface area contributed by atoms with E-state index in [4.69, 9.17) is 11.6 Å². The Morgan fingerprint density at radius 3 is 2.52 bits per heavy atom. The molecule has 3 nitrogen and oxygen atoms in total. The van der Waals surface area contributed by atoms with Crippen LogP contribution in [-0.4, -0.2) is 25.2 Å². The molecule has 1 aliphatic carbocycles. The Balaban J connectivity index is 1.42. The Labute approximate surface area is 202 Å². The third-order valence-corrected chi connectivity index (χ3v) is 6.95. The van der Waals surface area contributed by atoms with Gasteiger partial charge in [0.05, 0.1) is 5.02 Å². The monoisotopic (exact) mass is 486 g/mol. The van der Waals surface area contributed by atoms with Gasteiger partial charge in [0.2, 0.25) is 0 Å². The molecule has 0 unspecified atom stereocenters. The average molecular weight is 487 g/mol. The first-order valence-corrected chi connectivity index (χ1v) is 12.2. The number of nitrogens with one attached hydrogen (secondary N) is 1. The third-order valence-electron chi connectivity index (χ3n) is 5.40. The highest BCUT2D eigenvalue weighted by molar-refractivity contribution is 7.99. The molecular formula is C26H25ClF2N2OS. The number of aliphatic imine (C=N–C) groups is 1. The maximum absolute atomic E-state index is 12.8. The van der Waals surface area contributed by atoms with E-state index in [2.05, 4.69) is 39.3 Å². The van der Waals surface area contributed by atoms with Gasteiger partial charge in [-0.2, -0.15) is 8.78 Å². The molecule has 172 valence electrons. The minimum atomic E-state index is -2.90. The van der Waals surface area contributed by atoms with E-state index in [1.807, 2.05) is 17.8 Å². The number of halogens is 3. The maximum atomic E-state index is 12.8. The molecular weight excluding hydrogens is 462 g/mol. The summed E-state index contributed by atoms with van der Waals surface area (Å²) in [6.45, 7) is -2.90. The molecule has 1 saturated carbocycles. The van der Waals surface area contributed by atoms with Crippen molar-refractivity contribution in [2.24, 2.45) is 10.9 Å². The normalized spacial score (nSPS) is 13.9. The molecule has 0 aliphatic heterocycles. The summed E-state index contributed by atoms with van der Waals surface area (Å²) in [6, 6.07) is 20.6. The van der Waals surface area contributed by atoms with Gasteiger partial charge in [0, 0.05) is 40.9 Å². The van der Waals surface area contributed by atoms with Gasteiger partial charge in [0.1, 0.15) is 11.6 Å². The van der Waals surface area contributed by atoms with Crippen LogP contribution in [0.25, 0.3) is 11.1 Å². The number of rotatable bonds is 9. The van der Waals surface area contributed by atoms with Gasteiger partial charge in [-0.25, -0.2) is 0 Å². The second-order valence-electron chi connectivity index (χ2n) is 7.94. The van der Waals surface area contributed by atoms with Crippen molar-refractivity contribution in [3.8, 4) is 16.9 Å². The predicted octanol–water partition coefficient (Wildman–Crippen LogP) is 7.79. The van der Waals surface area contributed by atoms with Gasteiger partial charge < -0.3 is 10.1 Å².